The number of benzene rings is 2. The minimum Gasteiger partial charge on any atom is -0.494 e. The number of anilines is 1. The van der Waals surface area contributed by atoms with Gasteiger partial charge in [-0.3, -0.25) is 4.55 Å². The molecule has 2 rings (SSSR count). The zero-order valence-corrected chi connectivity index (χ0v) is 13.8. The van der Waals surface area contributed by atoms with Crippen LogP contribution in [0.4, 0.5) is 10.5 Å². The number of urea groups is 1. The highest BCUT2D eigenvalue weighted by Crippen LogP contribution is 2.14. The van der Waals surface area contributed by atoms with Crippen LogP contribution in [0.2, 0.25) is 0 Å². The molecule has 0 aliphatic heterocycles. The van der Waals surface area contributed by atoms with E-state index in [1.807, 2.05) is 31.2 Å². The van der Waals surface area contributed by atoms with Gasteiger partial charge in [-0.2, -0.15) is 8.42 Å². The number of nitrogens with one attached hydrogen (secondary N) is 2. The second kappa shape index (κ2) is 7.80. The zero-order chi connectivity index (χ0) is 17.6. The van der Waals surface area contributed by atoms with Crippen LogP contribution < -0.4 is 15.4 Å². The van der Waals surface area contributed by atoms with Crippen molar-refractivity contribution in [3.63, 3.8) is 0 Å². The van der Waals surface area contributed by atoms with Crippen molar-refractivity contribution < 1.29 is 22.5 Å². The van der Waals surface area contributed by atoms with E-state index in [1.54, 1.807) is 0 Å². The first kappa shape index (κ1) is 17.8. The van der Waals surface area contributed by atoms with Gasteiger partial charge >= 0.3 is 6.03 Å². The molecule has 0 saturated carbocycles. The van der Waals surface area contributed by atoms with E-state index >= 15 is 0 Å². The lowest BCUT2D eigenvalue weighted by atomic mass is 10.2. The van der Waals surface area contributed by atoms with Crippen molar-refractivity contribution in [2.75, 3.05) is 11.9 Å². The summed E-state index contributed by atoms with van der Waals surface area (Å²) in [5.74, 6) is 0.768. The second-order valence-electron chi connectivity index (χ2n) is 4.88. The fourth-order valence-electron chi connectivity index (χ4n) is 1.94. The monoisotopic (exact) mass is 350 g/mol. The molecule has 0 aliphatic rings. The zero-order valence-electron chi connectivity index (χ0n) is 13.0. The average molecular weight is 350 g/mol. The molecule has 8 heteroatoms. The first-order chi connectivity index (χ1) is 11.4. The Hall–Kier alpha value is -2.58. The fourth-order valence-corrected chi connectivity index (χ4v) is 2.42. The Kier molecular flexibility index (Phi) is 5.78. The standard InChI is InChI=1S/C16H18N2O5S/c1-2-23-14-7-3-12(4-8-14)11-17-16(19)18-13-5-9-15(10-6-13)24(20,21)22/h3-10H,2,11H2,1H3,(H2,17,18,19)(H,20,21,22). The maximum absolute atomic E-state index is 11.8. The fraction of sp³-hybridized carbons (Fsp3) is 0.188. The van der Waals surface area contributed by atoms with Crippen LogP contribution in [0.1, 0.15) is 12.5 Å². The van der Waals surface area contributed by atoms with Crippen molar-refractivity contribution in [3.8, 4) is 5.75 Å². The molecule has 0 saturated heterocycles. The van der Waals surface area contributed by atoms with E-state index in [2.05, 4.69) is 10.6 Å². The summed E-state index contributed by atoms with van der Waals surface area (Å²) in [6.45, 7) is 2.83. The molecule has 0 aromatic heterocycles. The molecule has 128 valence electrons. The molecule has 2 aromatic carbocycles. The Morgan fingerprint density at radius 1 is 1.08 bits per heavy atom. The molecule has 24 heavy (non-hydrogen) atoms. The Bertz CT molecular complexity index is 786. The third-order valence-electron chi connectivity index (χ3n) is 3.10. The maximum Gasteiger partial charge on any atom is 0.319 e. The summed E-state index contributed by atoms with van der Waals surface area (Å²) in [6, 6.07) is 12.1. The van der Waals surface area contributed by atoms with Gasteiger partial charge in [-0.1, -0.05) is 12.1 Å². The van der Waals surface area contributed by atoms with E-state index in [0.717, 1.165) is 11.3 Å². The summed E-state index contributed by atoms with van der Waals surface area (Å²) < 4.78 is 36.1. The first-order valence-electron chi connectivity index (χ1n) is 7.22. The largest absolute Gasteiger partial charge is 0.494 e. The molecular weight excluding hydrogens is 332 g/mol. The summed E-state index contributed by atoms with van der Waals surface area (Å²) in [5.41, 5.74) is 1.32. The average Bonchev–Trinajstić information content (AvgIpc) is 2.54. The predicted octanol–water partition coefficient (Wildman–Crippen LogP) is 2.65. The van der Waals surface area contributed by atoms with Gasteiger partial charge in [0, 0.05) is 12.2 Å². The van der Waals surface area contributed by atoms with Gasteiger partial charge in [0.1, 0.15) is 5.75 Å². The maximum atomic E-state index is 11.8. The van der Waals surface area contributed by atoms with Gasteiger partial charge in [0.2, 0.25) is 0 Å². The normalized spacial score (nSPS) is 10.9. The lowest BCUT2D eigenvalue weighted by Crippen LogP contribution is -2.28. The van der Waals surface area contributed by atoms with Crippen LogP contribution in [-0.4, -0.2) is 25.6 Å². The van der Waals surface area contributed by atoms with Gasteiger partial charge < -0.3 is 15.4 Å². The topological polar surface area (TPSA) is 105 Å². The minimum atomic E-state index is -4.24. The molecule has 0 aliphatic carbocycles. The van der Waals surface area contributed by atoms with E-state index in [4.69, 9.17) is 9.29 Å². The van der Waals surface area contributed by atoms with Gasteiger partial charge in [-0.25, -0.2) is 4.79 Å². The number of carbonyl (C=O) groups excluding carboxylic acids is 1. The van der Waals surface area contributed by atoms with Crippen LogP contribution in [0.25, 0.3) is 0 Å². The number of ether oxygens (including phenoxy) is 1. The van der Waals surface area contributed by atoms with Crippen molar-refractivity contribution in [3.05, 3.63) is 54.1 Å². The molecule has 0 atom stereocenters. The molecule has 0 fully saturated rings. The highest BCUT2D eigenvalue weighted by Gasteiger charge is 2.09. The summed E-state index contributed by atoms with van der Waals surface area (Å²) in [6.07, 6.45) is 0. The summed E-state index contributed by atoms with van der Waals surface area (Å²) >= 11 is 0. The molecule has 7 nitrogen and oxygen atoms in total. The van der Waals surface area contributed by atoms with E-state index in [-0.39, 0.29) is 4.90 Å². The first-order valence-corrected chi connectivity index (χ1v) is 8.66. The molecule has 0 radical (unpaired) electrons. The third kappa shape index (κ3) is 5.25. The van der Waals surface area contributed by atoms with E-state index in [1.165, 1.54) is 24.3 Å². The Balaban J connectivity index is 1.87. The van der Waals surface area contributed by atoms with Crippen molar-refractivity contribution in [1.29, 1.82) is 0 Å². The van der Waals surface area contributed by atoms with E-state index in [9.17, 15) is 13.2 Å². The third-order valence-corrected chi connectivity index (χ3v) is 3.97. The lowest BCUT2D eigenvalue weighted by molar-refractivity contribution is 0.251. The van der Waals surface area contributed by atoms with Gasteiger partial charge in [-0.05, 0) is 48.9 Å². The van der Waals surface area contributed by atoms with Crippen LogP contribution in [0, 0.1) is 0 Å². The van der Waals surface area contributed by atoms with Crippen LogP contribution in [-0.2, 0) is 16.7 Å². The highest BCUT2D eigenvalue weighted by molar-refractivity contribution is 7.85. The molecule has 0 heterocycles. The van der Waals surface area contributed by atoms with Crippen LogP contribution >= 0.6 is 0 Å². The lowest BCUT2D eigenvalue weighted by Gasteiger charge is -2.09. The van der Waals surface area contributed by atoms with Crippen molar-refractivity contribution in [1.82, 2.24) is 5.32 Å². The predicted molar refractivity (Wildman–Crippen MR) is 89.7 cm³/mol. The van der Waals surface area contributed by atoms with Crippen molar-refractivity contribution >= 4 is 21.8 Å². The molecule has 2 aromatic rings. The van der Waals surface area contributed by atoms with Gasteiger partial charge in [-0.15, -0.1) is 0 Å². The van der Waals surface area contributed by atoms with Crippen molar-refractivity contribution in [2.45, 2.75) is 18.4 Å². The van der Waals surface area contributed by atoms with E-state index in [0.29, 0.717) is 18.8 Å². The summed E-state index contributed by atoms with van der Waals surface area (Å²) in [5, 5.41) is 5.26. The molecule has 0 bridgehead atoms. The Labute approximate surface area is 140 Å². The summed E-state index contributed by atoms with van der Waals surface area (Å²) in [7, 11) is -4.24. The van der Waals surface area contributed by atoms with Crippen molar-refractivity contribution in [2.24, 2.45) is 0 Å². The highest BCUT2D eigenvalue weighted by atomic mass is 32.2. The minimum absolute atomic E-state index is 0.233. The number of rotatable bonds is 6. The number of hydrogen-bond donors (Lipinski definition) is 3. The smallest absolute Gasteiger partial charge is 0.319 e. The molecule has 0 spiro atoms. The van der Waals surface area contributed by atoms with Gasteiger partial charge in [0.05, 0.1) is 11.5 Å². The molecular formula is C16H18N2O5S. The summed E-state index contributed by atoms with van der Waals surface area (Å²) in [4.78, 5) is 11.6. The van der Waals surface area contributed by atoms with Crippen LogP contribution in [0.5, 0.6) is 5.75 Å². The number of amides is 2. The number of hydrogen-bond acceptors (Lipinski definition) is 4. The second-order valence-corrected chi connectivity index (χ2v) is 6.31. The van der Waals surface area contributed by atoms with Gasteiger partial charge in [0.25, 0.3) is 10.1 Å². The van der Waals surface area contributed by atoms with E-state index < -0.39 is 16.1 Å². The van der Waals surface area contributed by atoms with Crippen LogP contribution in [0.3, 0.4) is 0 Å². The SMILES string of the molecule is CCOc1ccc(CNC(=O)Nc2ccc(S(=O)(=O)O)cc2)cc1. The quantitative estimate of drug-likeness (QED) is 0.695. The van der Waals surface area contributed by atoms with Crippen LogP contribution in [0.15, 0.2) is 53.4 Å². The Morgan fingerprint density at radius 3 is 2.25 bits per heavy atom. The molecule has 2 amide bonds. The molecule has 3 N–H and O–H groups in total. The number of carbonyl (C=O) groups is 1. The Morgan fingerprint density at radius 2 is 1.71 bits per heavy atom. The van der Waals surface area contributed by atoms with Gasteiger partial charge in [0.15, 0.2) is 0 Å². The molecule has 0 unspecified atom stereocenters.